The molecule has 3 aliphatic rings. The third-order valence-corrected chi connectivity index (χ3v) is 4.29. The first-order valence-electron chi connectivity index (χ1n) is 6.67. The number of rotatable bonds is 3. The number of hydrogen-bond donors (Lipinski definition) is 2. The fourth-order valence-electron chi connectivity index (χ4n) is 3.16. The lowest BCUT2D eigenvalue weighted by molar-refractivity contribution is -0.00431. The second-order valence-corrected chi connectivity index (χ2v) is 5.31. The van der Waals surface area contributed by atoms with Crippen molar-refractivity contribution in [3.05, 3.63) is 35.1 Å². The molecule has 2 unspecified atom stereocenters. The monoisotopic (exact) mass is 286 g/mol. The molecular weight excluding hydrogens is 269 g/mol. The second kappa shape index (κ2) is 5.33. The van der Waals surface area contributed by atoms with Crippen LogP contribution < -0.4 is 11.3 Å². The average Bonchev–Trinajstić information content (AvgIpc) is 2.49. The van der Waals surface area contributed by atoms with Gasteiger partial charge in [0, 0.05) is 44.3 Å². The Morgan fingerprint density at radius 1 is 1.10 bits per heavy atom. The molecule has 0 radical (unpaired) electrons. The smallest absolute Gasteiger partial charge is 0.194 e. The highest BCUT2D eigenvalue weighted by Gasteiger charge is 2.38. The summed E-state index contributed by atoms with van der Waals surface area (Å²) in [5, 5.41) is 0. The number of hydrogen-bond acceptors (Lipinski definition) is 4. The van der Waals surface area contributed by atoms with Gasteiger partial charge < -0.3 is 0 Å². The van der Waals surface area contributed by atoms with Gasteiger partial charge in [0.2, 0.25) is 0 Å². The molecule has 3 N–H and O–H groups in total. The van der Waals surface area contributed by atoms with Crippen molar-refractivity contribution in [2.75, 3.05) is 32.7 Å². The largest absolute Gasteiger partial charge is 0.299 e. The van der Waals surface area contributed by atoms with Crippen LogP contribution in [-0.2, 0) is 0 Å². The van der Waals surface area contributed by atoms with Crippen molar-refractivity contribution in [1.29, 1.82) is 0 Å². The lowest BCUT2D eigenvalue weighted by atomic mass is 9.94. The van der Waals surface area contributed by atoms with E-state index >= 15 is 0 Å². The first kappa shape index (κ1) is 13.8. The lowest BCUT2D eigenvalue weighted by Gasteiger charge is -2.50. The summed E-state index contributed by atoms with van der Waals surface area (Å²) in [5.74, 6) is 1.76. The predicted octanol–water partition coefficient (Wildman–Crippen LogP) is 0.608. The van der Waals surface area contributed by atoms with Gasteiger partial charge >= 0.3 is 0 Å². The van der Waals surface area contributed by atoms with Crippen LogP contribution in [-0.4, -0.2) is 48.6 Å². The Bertz CT molecular complexity index is 503. The zero-order valence-corrected chi connectivity index (χ0v) is 11.0. The number of benzene rings is 1. The van der Waals surface area contributed by atoms with Crippen LogP contribution in [0.25, 0.3) is 0 Å². The van der Waals surface area contributed by atoms with E-state index in [1.54, 1.807) is 0 Å². The number of nitrogens with one attached hydrogen (secondary N) is 1. The normalized spacial score (nSPS) is 30.5. The van der Waals surface area contributed by atoms with Gasteiger partial charge in [-0.3, -0.25) is 21.1 Å². The number of nitrogens with two attached hydrogens (primary N) is 1. The molecule has 110 valence electrons. The fraction of sp³-hybridized carbons (Fsp3) is 0.538. The average molecular weight is 286 g/mol. The number of halogens is 3. The first-order chi connectivity index (χ1) is 9.61. The molecule has 4 rings (SSSR count). The first-order valence-corrected chi connectivity index (χ1v) is 6.67. The van der Waals surface area contributed by atoms with Crippen LogP contribution in [0.3, 0.4) is 0 Å². The maximum atomic E-state index is 14.0. The predicted molar refractivity (Wildman–Crippen MR) is 68.2 cm³/mol. The summed E-state index contributed by atoms with van der Waals surface area (Å²) < 4.78 is 40.4. The lowest BCUT2D eigenvalue weighted by Crippen LogP contribution is -2.64. The van der Waals surface area contributed by atoms with E-state index in [-0.39, 0.29) is 11.6 Å². The van der Waals surface area contributed by atoms with Crippen LogP contribution in [0, 0.1) is 17.5 Å². The highest BCUT2D eigenvalue weighted by molar-refractivity contribution is 5.25. The molecular formula is C13H17F3N4. The zero-order chi connectivity index (χ0) is 14.3. The van der Waals surface area contributed by atoms with Crippen molar-refractivity contribution in [1.82, 2.24) is 15.2 Å². The van der Waals surface area contributed by atoms with E-state index in [1.807, 2.05) is 0 Å². The Kier molecular flexibility index (Phi) is 3.68. The molecule has 3 heterocycles. The van der Waals surface area contributed by atoms with Crippen molar-refractivity contribution in [2.45, 2.75) is 12.1 Å². The Morgan fingerprint density at radius 3 is 2.35 bits per heavy atom. The van der Waals surface area contributed by atoms with Crippen molar-refractivity contribution in [2.24, 2.45) is 5.84 Å². The minimum atomic E-state index is -1.45. The Morgan fingerprint density at radius 2 is 1.80 bits per heavy atom. The molecule has 1 aromatic carbocycles. The van der Waals surface area contributed by atoms with Gasteiger partial charge in [-0.2, -0.15) is 0 Å². The topological polar surface area (TPSA) is 44.5 Å². The summed E-state index contributed by atoms with van der Waals surface area (Å²) >= 11 is 0. The van der Waals surface area contributed by atoms with Gasteiger partial charge in [-0.1, -0.05) is 6.07 Å². The standard InChI is InChI=1S/C13H17F3N4/c14-9-2-1-8(11(15)12(9)16)13(18-17)10-7-19-3-5-20(10)6-4-19/h1-2,10,13,18H,3-7,17H2. The van der Waals surface area contributed by atoms with Crippen molar-refractivity contribution >= 4 is 0 Å². The molecule has 0 aromatic heterocycles. The molecule has 0 saturated carbocycles. The van der Waals surface area contributed by atoms with E-state index in [2.05, 4.69) is 15.2 Å². The molecule has 2 atom stereocenters. The van der Waals surface area contributed by atoms with E-state index in [1.165, 1.54) is 6.07 Å². The molecule has 2 bridgehead atoms. The quantitative estimate of drug-likeness (QED) is 0.485. The SMILES string of the molecule is NNC(c1ccc(F)c(F)c1F)C1CN2CCN1CC2. The molecule has 7 heteroatoms. The number of piperazine rings is 3. The highest BCUT2D eigenvalue weighted by Crippen LogP contribution is 2.29. The molecule has 0 aliphatic carbocycles. The van der Waals surface area contributed by atoms with Crippen LogP contribution in [0.2, 0.25) is 0 Å². The minimum Gasteiger partial charge on any atom is -0.299 e. The van der Waals surface area contributed by atoms with E-state index in [0.29, 0.717) is 0 Å². The van der Waals surface area contributed by atoms with Crippen molar-refractivity contribution in [3.63, 3.8) is 0 Å². The Balaban J connectivity index is 1.92. The van der Waals surface area contributed by atoms with Gasteiger partial charge in [-0.15, -0.1) is 0 Å². The summed E-state index contributed by atoms with van der Waals surface area (Å²) in [7, 11) is 0. The zero-order valence-electron chi connectivity index (χ0n) is 11.0. The summed E-state index contributed by atoms with van der Waals surface area (Å²) in [6, 6.07) is 1.60. The maximum Gasteiger partial charge on any atom is 0.194 e. The Hall–Kier alpha value is -1.15. The van der Waals surface area contributed by atoms with Crippen molar-refractivity contribution < 1.29 is 13.2 Å². The summed E-state index contributed by atoms with van der Waals surface area (Å²) in [4.78, 5) is 4.48. The molecule has 4 nitrogen and oxygen atoms in total. The maximum absolute atomic E-state index is 14.0. The third kappa shape index (κ3) is 2.20. The van der Waals surface area contributed by atoms with Crippen LogP contribution in [0.5, 0.6) is 0 Å². The van der Waals surface area contributed by atoms with Crippen LogP contribution in [0.15, 0.2) is 12.1 Å². The van der Waals surface area contributed by atoms with Gasteiger partial charge in [-0.05, 0) is 6.07 Å². The van der Waals surface area contributed by atoms with Gasteiger partial charge in [-0.25, -0.2) is 13.2 Å². The number of fused-ring (bicyclic) bond motifs is 3. The molecule has 0 amide bonds. The molecule has 3 fully saturated rings. The Labute approximate surface area is 115 Å². The third-order valence-electron chi connectivity index (χ3n) is 4.29. The number of nitrogens with zero attached hydrogens (tertiary/aromatic N) is 2. The minimum absolute atomic E-state index is 0.0399. The molecule has 3 saturated heterocycles. The highest BCUT2D eigenvalue weighted by atomic mass is 19.2. The van der Waals surface area contributed by atoms with Crippen molar-refractivity contribution in [3.8, 4) is 0 Å². The van der Waals surface area contributed by atoms with Gasteiger partial charge in [0.25, 0.3) is 0 Å². The van der Waals surface area contributed by atoms with Gasteiger partial charge in [0.15, 0.2) is 17.5 Å². The molecule has 3 aliphatic heterocycles. The molecule has 20 heavy (non-hydrogen) atoms. The van der Waals surface area contributed by atoms with E-state index in [0.717, 1.165) is 38.8 Å². The van der Waals surface area contributed by atoms with E-state index in [4.69, 9.17) is 5.84 Å². The summed E-state index contributed by atoms with van der Waals surface area (Å²) in [6.45, 7) is 4.47. The van der Waals surface area contributed by atoms with Crippen LogP contribution in [0.4, 0.5) is 13.2 Å². The van der Waals surface area contributed by atoms with Crippen LogP contribution in [0.1, 0.15) is 11.6 Å². The van der Waals surface area contributed by atoms with E-state index < -0.39 is 23.5 Å². The van der Waals surface area contributed by atoms with Crippen LogP contribution >= 0.6 is 0 Å². The molecule has 1 aromatic rings. The fourth-order valence-corrected chi connectivity index (χ4v) is 3.16. The summed E-state index contributed by atoms with van der Waals surface area (Å²) in [5.41, 5.74) is 2.64. The van der Waals surface area contributed by atoms with Gasteiger partial charge in [0.05, 0.1) is 6.04 Å². The molecule has 0 spiro atoms. The summed E-state index contributed by atoms with van der Waals surface area (Å²) in [6.07, 6.45) is 0. The second-order valence-electron chi connectivity index (χ2n) is 5.31. The van der Waals surface area contributed by atoms with Gasteiger partial charge in [0.1, 0.15) is 0 Å². The van der Waals surface area contributed by atoms with E-state index in [9.17, 15) is 13.2 Å². The number of hydrazine groups is 1.